The van der Waals surface area contributed by atoms with Crippen LogP contribution in [0.5, 0.6) is 5.75 Å². The highest BCUT2D eigenvalue weighted by molar-refractivity contribution is 6.32. The highest BCUT2D eigenvalue weighted by Gasteiger charge is 2.31. The first-order valence-corrected chi connectivity index (χ1v) is 6.34. The largest absolute Gasteiger partial charge is 0.507 e. The third kappa shape index (κ3) is 1.54. The van der Waals surface area contributed by atoms with Crippen molar-refractivity contribution in [2.45, 2.75) is 0 Å². The number of aromatic hydroxyl groups is 1. The number of rotatable bonds is 1. The van der Waals surface area contributed by atoms with E-state index >= 15 is 0 Å². The number of anilines is 1. The molecule has 2 N–H and O–H groups in total. The van der Waals surface area contributed by atoms with Crippen LogP contribution in [0.4, 0.5) is 5.69 Å². The Balaban J connectivity index is 2.42. The molecule has 20 heavy (non-hydrogen) atoms. The van der Waals surface area contributed by atoms with E-state index < -0.39 is 0 Å². The zero-order chi connectivity index (χ0) is 14.3. The van der Waals surface area contributed by atoms with Gasteiger partial charge in [0.2, 0.25) is 0 Å². The predicted molar refractivity (Wildman–Crippen MR) is 79.1 cm³/mol. The van der Waals surface area contributed by atoms with Crippen molar-refractivity contribution in [2.24, 2.45) is 4.99 Å². The molecule has 1 aliphatic carbocycles. The van der Waals surface area contributed by atoms with Gasteiger partial charge in [-0.2, -0.15) is 0 Å². The zero-order valence-electron chi connectivity index (χ0n) is 11.3. The average Bonchev–Trinajstić information content (AvgIpc) is 2.49. The Kier molecular flexibility index (Phi) is 2.79. The molecule has 2 aromatic rings. The molecule has 0 saturated heterocycles. The molecule has 0 aliphatic heterocycles. The lowest BCUT2D eigenvalue weighted by atomic mass is 9.82. The lowest BCUT2D eigenvalue weighted by Crippen LogP contribution is -2.23. The van der Waals surface area contributed by atoms with Gasteiger partial charge in [-0.3, -0.25) is 9.79 Å². The molecule has 0 atom stereocenters. The summed E-state index contributed by atoms with van der Waals surface area (Å²) in [5.41, 5.74) is 3.69. The maximum absolute atomic E-state index is 12.7. The van der Waals surface area contributed by atoms with Crippen molar-refractivity contribution in [3.05, 3.63) is 58.7 Å². The molecule has 0 heterocycles. The number of carbonyl (C=O) groups excluding carboxylic acids is 1. The molecule has 100 valence electrons. The quantitative estimate of drug-likeness (QED) is 0.665. The molecule has 3 rings (SSSR count). The van der Waals surface area contributed by atoms with E-state index in [2.05, 4.69) is 10.3 Å². The minimum absolute atomic E-state index is 0.0717. The maximum Gasteiger partial charge on any atom is 0.196 e. The molecular formula is C16H14N2O2. The van der Waals surface area contributed by atoms with Crippen LogP contribution in [0.25, 0.3) is 0 Å². The Bertz CT molecular complexity index is 748. The molecule has 4 heteroatoms. The van der Waals surface area contributed by atoms with Crippen LogP contribution in [0.15, 0.2) is 41.4 Å². The molecular weight excluding hydrogens is 252 g/mol. The van der Waals surface area contributed by atoms with Gasteiger partial charge in [0.05, 0.1) is 16.8 Å². The van der Waals surface area contributed by atoms with Gasteiger partial charge < -0.3 is 10.4 Å². The van der Waals surface area contributed by atoms with Gasteiger partial charge in [-0.15, -0.1) is 0 Å². The standard InChI is InChI=1S/C16H14N2O2/c1-17-11-7-8-12(19)14-13(11)16(20)10-6-4-3-5-9(10)15(14)18-2/h3-8,17,19H,1-2H3. The summed E-state index contributed by atoms with van der Waals surface area (Å²) in [6, 6.07) is 10.6. The normalized spacial score (nSPS) is 14.9. The van der Waals surface area contributed by atoms with Crippen LogP contribution < -0.4 is 5.32 Å². The number of nitrogens with zero attached hydrogens (tertiary/aromatic N) is 1. The topological polar surface area (TPSA) is 61.7 Å². The van der Waals surface area contributed by atoms with E-state index in [0.29, 0.717) is 28.1 Å². The number of hydrogen-bond acceptors (Lipinski definition) is 4. The van der Waals surface area contributed by atoms with Gasteiger partial charge in [0.1, 0.15) is 5.75 Å². The third-order valence-electron chi connectivity index (χ3n) is 3.57. The number of aliphatic imine (C=N–C) groups is 1. The fraction of sp³-hybridized carbons (Fsp3) is 0.125. The summed E-state index contributed by atoms with van der Waals surface area (Å²) in [6.45, 7) is 0. The number of ketones is 1. The molecule has 0 amide bonds. The molecule has 0 bridgehead atoms. The number of nitrogens with one attached hydrogen (secondary N) is 1. The fourth-order valence-corrected chi connectivity index (χ4v) is 2.66. The minimum atomic E-state index is -0.0942. The minimum Gasteiger partial charge on any atom is -0.507 e. The lowest BCUT2D eigenvalue weighted by molar-refractivity contribution is 0.103. The van der Waals surface area contributed by atoms with Crippen molar-refractivity contribution in [2.75, 3.05) is 19.4 Å². The maximum atomic E-state index is 12.7. The van der Waals surface area contributed by atoms with E-state index in [0.717, 1.165) is 5.56 Å². The van der Waals surface area contributed by atoms with Crippen molar-refractivity contribution in [1.82, 2.24) is 0 Å². The summed E-state index contributed by atoms with van der Waals surface area (Å²) in [7, 11) is 3.42. The Labute approximate surface area is 116 Å². The first kappa shape index (κ1) is 12.4. The Morgan fingerprint density at radius 2 is 1.75 bits per heavy atom. The number of phenols is 1. The predicted octanol–water partition coefficient (Wildman–Crippen LogP) is 2.45. The van der Waals surface area contributed by atoms with Crippen LogP contribution in [-0.4, -0.2) is 30.7 Å². The molecule has 0 fully saturated rings. The van der Waals surface area contributed by atoms with E-state index in [4.69, 9.17) is 0 Å². The number of phenolic OH excluding ortho intramolecular Hbond substituents is 1. The van der Waals surface area contributed by atoms with E-state index in [-0.39, 0.29) is 11.5 Å². The van der Waals surface area contributed by atoms with Crippen molar-refractivity contribution < 1.29 is 9.90 Å². The van der Waals surface area contributed by atoms with Gasteiger partial charge in [-0.25, -0.2) is 0 Å². The van der Waals surface area contributed by atoms with Crippen LogP contribution in [0.2, 0.25) is 0 Å². The zero-order valence-corrected chi connectivity index (χ0v) is 11.3. The van der Waals surface area contributed by atoms with E-state index in [1.807, 2.05) is 18.2 Å². The molecule has 1 aliphatic rings. The second kappa shape index (κ2) is 4.49. The van der Waals surface area contributed by atoms with Gasteiger partial charge in [-0.1, -0.05) is 24.3 Å². The van der Waals surface area contributed by atoms with Gasteiger partial charge >= 0.3 is 0 Å². The highest BCUT2D eigenvalue weighted by atomic mass is 16.3. The van der Waals surface area contributed by atoms with Gasteiger partial charge in [0, 0.05) is 30.9 Å². The number of fused-ring (bicyclic) bond motifs is 2. The second-order valence-corrected chi connectivity index (χ2v) is 4.58. The number of hydrogen-bond donors (Lipinski definition) is 2. The summed E-state index contributed by atoms with van der Waals surface area (Å²) < 4.78 is 0. The summed E-state index contributed by atoms with van der Waals surface area (Å²) in [4.78, 5) is 17.0. The van der Waals surface area contributed by atoms with Crippen LogP contribution in [0.1, 0.15) is 27.0 Å². The van der Waals surface area contributed by atoms with Crippen LogP contribution in [-0.2, 0) is 0 Å². The third-order valence-corrected chi connectivity index (χ3v) is 3.57. The summed E-state index contributed by atoms with van der Waals surface area (Å²) in [5.74, 6) is -0.0225. The van der Waals surface area contributed by atoms with E-state index in [1.165, 1.54) is 0 Å². The monoisotopic (exact) mass is 266 g/mol. The Morgan fingerprint density at radius 1 is 1.05 bits per heavy atom. The Morgan fingerprint density at radius 3 is 2.40 bits per heavy atom. The first-order chi connectivity index (χ1) is 9.69. The van der Waals surface area contributed by atoms with Crippen LogP contribution >= 0.6 is 0 Å². The fourth-order valence-electron chi connectivity index (χ4n) is 2.66. The van der Waals surface area contributed by atoms with Crippen molar-refractivity contribution in [3.8, 4) is 5.75 Å². The number of carbonyl (C=O) groups is 1. The molecule has 0 unspecified atom stereocenters. The van der Waals surface area contributed by atoms with Crippen molar-refractivity contribution in [3.63, 3.8) is 0 Å². The molecule has 0 spiro atoms. The van der Waals surface area contributed by atoms with Crippen LogP contribution in [0, 0.1) is 0 Å². The number of benzene rings is 2. The molecule has 2 aromatic carbocycles. The van der Waals surface area contributed by atoms with Crippen molar-refractivity contribution >= 4 is 17.2 Å². The summed E-state index contributed by atoms with van der Waals surface area (Å²) in [6.07, 6.45) is 0. The molecule has 0 saturated carbocycles. The molecule has 0 radical (unpaired) electrons. The summed E-state index contributed by atoms with van der Waals surface area (Å²) in [5, 5.41) is 13.2. The first-order valence-electron chi connectivity index (χ1n) is 6.34. The van der Waals surface area contributed by atoms with Crippen LogP contribution in [0.3, 0.4) is 0 Å². The average molecular weight is 266 g/mol. The van der Waals surface area contributed by atoms with Crippen molar-refractivity contribution in [1.29, 1.82) is 0 Å². The van der Waals surface area contributed by atoms with Gasteiger partial charge in [0.15, 0.2) is 5.78 Å². The van der Waals surface area contributed by atoms with E-state index in [1.54, 1.807) is 32.3 Å². The SMILES string of the molecule is CN=C1c2ccccc2C(=O)c2c(NC)ccc(O)c21. The Hall–Kier alpha value is -2.62. The van der Waals surface area contributed by atoms with Gasteiger partial charge in [-0.05, 0) is 12.1 Å². The summed E-state index contributed by atoms with van der Waals surface area (Å²) >= 11 is 0. The molecule has 4 nitrogen and oxygen atoms in total. The van der Waals surface area contributed by atoms with Gasteiger partial charge in [0.25, 0.3) is 0 Å². The highest BCUT2D eigenvalue weighted by Crippen LogP contribution is 2.37. The lowest BCUT2D eigenvalue weighted by Gasteiger charge is -2.23. The molecule has 0 aromatic heterocycles. The smallest absolute Gasteiger partial charge is 0.196 e. The van der Waals surface area contributed by atoms with E-state index in [9.17, 15) is 9.90 Å². The second-order valence-electron chi connectivity index (χ2n) is 4.58.